The van der Waals surface area contributed by atoms with Gasteiger partial charge in [-0.15, -0.1) is 0 Å². The molecular weight excluding hydrogens is 408 g/mol. The fourth-order valence-electron chi connectivity index (χ4n) is 7.41. The van der Waals surface area contributed by atoms with Crippen molar-refractivity contribution in [1.29, 1.82) is 0 Å². The summed E-state index contributed by atoms with van der Waals surface area (Å²) in [5.74, 6) is 1.51. The van der Waals surface area contributed by atoms with E-state index in [0.29, 0.717) is 30.6 Å². The van der Waals surface area contributed by atoms with E-state index in [-0.39, 0.29) is 28.0 Å². The summed E-state index contributed by atoms with van der Waals surface area (Å²) >= 11 is 3.29. The molecule has 0 aliphatic heterocycles. The van der Waals surface area contributed by atoms with Crippen molar-refractivity contribution >= 4 is 28.2 Å². The number of carbonyl (C=O) groups excluding carboxylic acids is 2. The number of halogens is 1. The second-order valence-corrected chi connectivity index (χ2v) is 10.3. The molecule has 3 saturated carbocycles. The fraction of sp³-hybridized carbons (Fsp3) is 0.818. The van der Waals surface area contributed by atoms with Crippen LogP contribution in [0.25, 0.3) is 0 Å². The van der Waals surface area contributed by atoms with Gasteiger partial charge in [0.2, 0.25) is 0 Å². The lowest BCUT2D eigenvalue weighted by Crippen LogP contribution is -2.57. The van der Waals surface area contributed by atoms with Gasteiger partial charge in [-0.25, -0.2) is 0 Å². The van der Waals surface area contributed by atoms with Crippen molar-refractivity contribution < 1.29 is 19.4 Å². The topological polar surface area (TPSA) is 63.6 Å². The summed E-state index contributed by atoms with van der Waals surface area (Å²) in [5, 5.41) is 11.6. The zero-order chi connectivity index (χ0) is 19.4. The minimum atomic E-state index is -1.17. The number of aliphatic hydroxyl groups is 1. The monoisotopic (exact) mass is 438 g/mol. The number of rotatable bonds is 4. The van der Waals surface area contributed by atoms with Crippen LogP contribution in [-0.4, -0.2) is 34.4 Å². The minimum absolute atomic E-state index is 0.0281. The maximum Gasteiger partial charge on any atom is 0.293 e. The molecule has 3 fully saturated rings. The number of alkyl halides is 1. The van der Waals surface area contributed by atoms with Gasteiger partial charge in [0.1, 0.15) is 11.7 Å². The van der Waals surface area contributed by atoms with Crippen molar-refractivity contribution in [1.82, 2.24) is 0 Å². The second-order valence-electron chi connectivity index (χ2n) is 9.77. The van der Waals surface area contributed by atoms with Crippen LogP contribution in [-0.2, 0) is 14.3 Å². The molecule has 0 saturated heterocycles. The highest BCUT2D eigenvalue weighted by molar-refractivity contribution is 9.09. The highest BCUT2D eigenvalue weighted by Gasteiger charge is 2.65. The van der Waals surface area contributed by atoms with Gasteiger partial charge in [-0.1, -0.05) is 41.4 Å². The molecule has 0 unspecified atom stereocenters. The van der Waals surface area contributed by atoms with Gasteiger partial charge < -0.3 is 9.84 Å². The quantitative estimate of drug-likeness (QED) is 0.406. The Kier molecular flexibility index (Phi) is 4.86. The maximum absolute atomic E-state index is 12.6. The van der Waals surface area contributed by atoms with E-state index in [1.54, 1.807) is 0 Å². The number of ether oxygens (including phenoxy) is 1. The number of carbonyl (C=O) groups is 2. The summed E-state index contributed by atoms with van der Waals surface area (Å²) in [7, 11) is 0. The largest absolute Gasteiger partial charge is 0.464 e. The molecule has 4 rings (SSSR count). The Hall–Kier alpha value is -0.680. The molecular formula is C22H31BrO4. The zero-order valence-electron chi connectivity index (χ0n) is 16.4. The van der Waals surface area contributed by atoms with E-state index in [0.717, 1.165) is 44.9 Å². The number of ketones is 1. The lowest BCUT2D eigenvalue weighted by atomic mass is 9.47. The maximum atomic E-state index is 12.6. The Morgan fingerprint density at radius 2 is 2.00 bits per heavy atom. The summed E-state index contributed by atoms with van der Waals surface area (Å²) in [4.78, 5) is 23.3. The van der Waals surface area contributed by atoms with Crippen molar-refractivity contribution in [3.05, 3.63) is 11.6 Å². The lowest BCUT2D eigenvalue weighted by Gasteiger charge is -2.58. The molecule has 0 radical (unpaired) electrons. The minimum Gasteiger partial charge on any atom is -0.464 e. The van der Waals surface area contributed by atoms with Crippen LogP contribution in [0.3, 0.4) is 0 Å². The Morgan fingerprint density at radius 1 is 1.26 bits per heavy atom. The van der Waals surface area contributed by atoms with Crippen LogP contribution >= 0.6 is 15.9 Å². The number of hydrogen-bond acceptors (Lipinski definition) is 4. The molecule has 4 aliphatic carbocycles. The van der Waals surface area contributed by atoms with Crippen LogP contribution in [0, 0.1) is 28.6 Å². The first-order chi connectivity index (χ1) is 12.8. The van der Waals surface area contributed by atoms with Crippen LogP contribution in [0.15, 0.2) is 11.6 Å². The van der Waals surface area contributed by atoms with Gasteiger partial charge in [-0.3, -0.25) is 9.59 Å². The van der Waals surface area contributed by atoms with E-state index >= 15 is 0 Å². The Balaban J connectivity index is 1.63. The first-order valence-corrected chi connectivity index (χ1v) is 11.5. The Bertz CT molecular complexity index is 675. The number of Topliss-reactive ketones (excluding diaryl/α,β-unsaturated/α-hetero) is 1. The molecule has 4 nitrogen and oxygen atoms in total. The molecule has 1 N–H and O–H groups in total. The smallest absolute Gasteiger partial charge is 0.293 e. The van der Waals surface area contributed by atoms with Crippen LogP contribution < -0.4 is 0 Å². The molecule has 0 bridgehead atoms. The number of allylic oxidation sites excluding steroid dienone is 1. The van der Waals surface area contributed by atoms with E-state index in [1.165, 1.54) is 5.57 Å². The SMILES string of the molecule is C[C@]12CC[C@H](OC=O)CC1=CC[C@@H]1[C@@H]2CC[C@@]2(C)[C@H]1CC[C@]2(O)C(=O)CBr. The van der Waals surface area contributed by atoms with Gasteiger partial charge in [-0.2, -0.15) is 0 Å². The highest BCUT2D eigenvalue weighted by atomic mass is 79.9. The van der Waals surface area contributed by atoms with Crippen molar-refractivity contribution in [2.45, 2.75) is 76.9 Å². The molecule has 150 valence electrons. The number of hydrogen-bond donors (Lipinski definition) is 1. The summed E-state index contributed by atoms with van der Waals surface area (Å²) < 4.78 is 5.27. The second kappa shape index (κ2) is 6.69. The third kappa shape index (κ3) is 2.63. The van der Waals surface area contributed by atoms with Crippen molar-refractivity contribution in [2.24, 2.45) is 28.6 Å². The first-order valence-electron chi connectivity index (χ1n) is 10.4. The molecule has 0 heterocycles. The van der Waals surface area contributed by atoms with E-state index in [4.69, 9.17) is 4.74 Å². The van der Waals surface area contributed by atoms with Crippen molar-refractivity contribution in [3.8, 4) is 0 Å². The van der Waals surface area contributed by atoms with E-state index in [1.807, 2.05) is 0 Å². The van der Waals surface area contributed by atoms with Gasteiger partial charge in [0.05, 0.1) is 5.33 Å². The van der Waals surface area contributed by atoms with Gasteiger partial charge in [0, 0.05) is 11.8 Å². The molecule has 27 heavy (non-hydrogen) atoms. The van der Waals surface area contributed by atoms with Crippen LogP contribution in [0.2, 0.25) is 0 Å². The van der Waals surface area contributed by atoms with Crippen LogP contribution in [0.1, 0.15) is 65.2 Å². The van der Waals surface area contributed by atoms with Gasteiger partial charge in [0.25, 0.3) is 6.47 Å². The lowest BCUT2D eigenvalue weighted by molar-refractivity contribution is -0.159. The summed E-state index contributed by atoms with van der Waals surface area (Å²) in [5.41, 5.74) is 0.160. The van der Waals surface area contributed by atoms with Gasteiger partial charge in [0.15, 0.2) is 5.78 Å². The summed E-state index contributed by atoms with van der Waals surface area (Å²) in [6.45, 7) is 5.16. The molecule has 4 aliphatic rings. The van der Waals surface area contributed by atoms with Crippen molar-refractivity contribution in [3.63, 3.8) is 0 Å². The average Bonchev–Trinajstić information content (AvgIpc) is 2.94. The molecule has 0 amide bonds. The molecule has 0 aromatic rings. The predicted molar refractivity (Wildman–Crippen MR) is 106 cm³/mol. The Morgan fingerprint density at radius 3 is 2.70 bits per heavy atom. The third-order valence-corrected chi connectivity index (χ3v) is 9.55. The zero-order valence-corrected chi connectivity index (χ0v) is 18.0. The van der Waals surface area contributed by atoms with Crippen LogP contribution in [0.4, 0.5) is 0 Å². The van der Waals surface area contributed by atoms with Gasteiger partial charge >= 0.3 is 0 Å². The average molecular weight is 439 g/mol. The molecule has 5 heteroatoms. The number of fused-ring (bicyclic) bond motifs is 5. The molecule has 0 aromatic heterocycles. The van der Waals surface area contributed by atoms with E-state index in [9.17, 15) is 14.7 Å². The molecule has 7 atom stereocenters. The molecule has 0 spiro atoms. The van der Waals surface area contributed by atoms with Gasteiger partial charge in [-0.05, 0) is 68.1 Å². The van der Waals surface area contributed by atoms with Crippen molar-refractivity contribution in [2.75, 3.05) is 5.33 Å². The van der Waals surface area contributed by atoms with E-state index < -0.39 is 5.60 Å². The standard InChI is InChI=1S/C22H31BrO4/c1-20-8-5-15(27-13-24)11-14(20)3-4-16-17(20)6-9-21(2)18(16)7-10-22(21,26)19(25)12-23/h3,13,15-18,26H,4-12H2,1-2H3/t15-,16+,17-,18-,20-,21-,22-/m0/s1. The highest BCUT2D eigenvalue weighted by Crippen LogP contribution is 2.67. The summed E-state index contributed by atoms with van der Waals surface area (Å²) in [6.07, 6.45) is 9.86. The first kappa shape index (κ1) is 19.6. The van der Waals surface area contributed by atoms with E-state index in [2.05, 4.69) is 35.9 Å². The summed E-state index contributed by atoms with van der Waals surface area (Å²) in [6, 6.07) is 0. The van der Waals surface area contributed by atoms with Crippen LogP contribution in [0.5, 0.6) is 0 Å². The molecule has 0 aromatic carbocycles. The normalized spacial score (nSPS) is 48.7. The Labute approximate surface area is 170 Å². The fourth-order valence-corrected chi connectivity index (χ4v) is 7.87. The third-order valence-electron chi connectivity index (χ3n) is 9.04. The predicted octanol–water partition coefficient (Wildman–Crippen LogP) is 4.19.